The van der Waals surface area contributed by atoms with Gasteiger partial charge in [0.2, 0.25) is 5.56 Å². The van der Waals surface area contributed by atoms with E-state index >= 15 is 0 Å². The second-order valence-corrected chi connectivity index (χ2v) is 4.39. The van der Waals surface area contributed by atoms with E-state index < -0.39 is 14.6 Å². The standard InChI is InChI=1S/C5H4ClNO3S/c6-11(9,10)4-1-2-7-5(8)3-4/h1-3H,(H,7,8). The maximum atomic E-state index is 10.6. The van der Waals surface area contributed by atoms with Crippen LogP contribution in [0.4, 0.5) is 0 Å². The first kappa shape index (κ1) is 8.29. The van der Waals surface area contributed by atoms with Crippen LogP contribution in [0.3, 0.4) is 0 Å². The third-order valence-electron chi connectivity index (χ3n) is 1.03. The van der Waals surface area contributed by atoms with E-state index in [4.69, 9.17) is 10.7 Å². The summed E-state index contributed by atoms with van der Waals surface area (Å²) in [6, 6.07) is 2.13. The van der Waals surface area contributed by atoms with E-state index in [-0.39, 0.29) is 4.90 Å². The van der Waals surface area contributed by atoms with Crippen LogP contribution in [0.25, 0.3) is 0 Å². The van der Waals surface area contributed by atoms with Gasteiger partial charge in [-0.3, -0.25) is 4.79 Å². The number of rotatable bonds is 1. The van der Waals surface area contributed by atoms with Gasteiger partial charge in [0.1, 0.15) is 0 Å². The summed E-state index contributed by atoms with van der Waals surface area (Å²) in [6.07, 6.45) is 1.22. The zero-order chi connectivity index (χ0) is 8.48. The van der Waals surface area contributed by atoms with Crippen LogP contribution in [0.1, 0.15) is 0 Å². The minimum Gasteiger partial charge on any atom is -0.329 e. The van der Waals surface area contributed by atoms with Gasteiger partial charge in [0, 0.05) is 22.9 Å². The summed E-state index contributed by atoms with van der Waals surface area (Å²) >= 11 is 0. The van der Waals surface area contributed by atoms with Crippen molar-refractivity contribution in [2.75, 3.05) is 0 Å². The van der Waals surface area contributed by atoms with Gasteiger partial charge in [-0.05, 0) is 6.07 Å². The summed E-state index contributed by atoms with van der Waals surface area (Å²) in [7, 11) is 1.18. The molecule has 0 aliphatic carbocycles. The summed E-state index contributed by atoms with van der Waals surface area (Å²) in [5.41, 5.74) is -0.494. The number of nitrogens with one attached hydrogen (secondary N) is 1. The van der Waals surface area contributed by atoms with Gasteiger partial charge in [0.15, 0.2) is 0 Å². The molecule has 60 valence electrons. The Kier molecular flexibility index (Phi) is 2.01. The number of hydrogen-bond donors (Lipinski definition) is 1. The number of halogens is 1. The monoisotopic (exact) mass is 193 g/mol. The maximum absolute atomic E-state index is 10.6. The van der Waals surface area contributed by atoms with Gasteiger partial charge in [0.05, 0.1) is 4.90 Å². The molecular formula is C5H4ClNO3S. The van der Waals surface area contributed by atoms with E-state index in [1.807, 2.05) is 0 Å². The quantitative estimate of drug-likeness (QED) is 0.653. The molecule has 1 aromatic heterocycles. The van der Waals surface area contributed by atoms with Gasteiger partial charge in [-0.1, -0.05) is 0 Å². The Hall–Kier alpha value is -0.810. The predicted octanol–water partition coefficient (Wildman–Crippen LogP) is 0.302. The van der Waals surface area contributed by atoms with Crippen LogP contribution in [-0.4, -0.2) is 13.4 Å². The fraction of sp³-hybridized carbons (Fsp3) is 0. The topological polar surface area (TPSA) is 67.0 Å². The van der Waals surface area contributed by atoms with Gasteiger partial charge in [-0.25, -0.2) is 8.42 Å². The van der Waals surface area contributed by atoms with Gasteiger partial charge < -0.3 is 4.98 Å². The molecule has 0 fully saturated rings. The molecule has 11 heavy (non-hydrogen) atoms. The molecule has 0 spiro atoms. The third kappa shape index (κ3) is 2.06. The molecule has 0 atom stereocenters. The molecule has 0 aliphatic heterocycles. The lowest BCUT2D eigenvalue weighted by atomic mass is 10.5. The molecule has 1 heterocycles. The fourth-order valence-corrected chi connectivity index (χ4v) is 1.34. The molecule has 0 radical (unpaired) electrons. The van der Waals surface area contributed by atoms with Crippen LogP contribution < -0.4 is 5.56 Å². The number of H-pyrrole nitrogens is 1. The van der Waals surface area contributed by atoms with E-state index in [9.17, 15) is 13.2 Å². The molecule has 0 aromatic carbocycles. The highest BCUT2D eigenvalue weighted by atomic mass is 35.7. The predicted molar refractivity (Wildman–Crippen MR) is 40.1 cm³/mol. The highest BCUT2D eigenvalue weighted by Gasteiger charge is 2.08. The maximum Gasteiger partial charge on any atom is 0.261 e. The lowest BCUT2D eigenvalue weighted by Crippen LogP contribution is -2.05. The molecule has 0 bridgehead atoms. The van der Waals surface area contributed by atoms with E-state index in [0.29, 0.717) is 0 Å². The minimum atomic E-state index is -3.77. The first-order valence-corrected chi connectivity index (χ1v) is 4.94. The Morgan fingerprint density at radius 3 is 2.45 bits per heavy atom. The van der Waals surface area contributed by atoms with Crippen molar-refractivity contribution in [1.82, 2.24) is 4.98 Å². The van der Waals surface area contributed by atoms with Gasteiger partial charge >= 0.3 is 0 Å². The van der Waals surface area contributed by atoms with Crippen molar-refractivity contribution in [1.29, 1.82) is 0 Å². The lowest BCUT2D eigenvalue weighted by molar-refractivity contribution is 0.609. The van der Waals surface area contributed by atoms with Crippen molar-refractivity contribution in [3.8, 4) is 0 Å². The first-order chi connectivity index (χ1) is 5.00. The van der Waals surface area contributed by atoms with Crippen LogP contribution in [0.5, 0.6) is 0 Å². The molecular weight excluding hydrogens is 190 g/mol. The molecule has 4 nitrogen and oxygen atoms in total. The van der Waals surface area contributed by atoms with E-state index in [2.05, 4.69) is 4.98 Å². The molecule has 1 N–H and O–H groups in total. The van der Waals surface area contributed by atoms with E-state index in [0.717, 1.165) is 6.07 Å². The van der Waals surface area contributed by atoms with Crippen LogP contribution in [0.15, 0.2) is 28.0 Å². The zero-order valence-corrected chi connectivity index (χ0v) is 6.82. The number of pyridine rings is 1. The lowest BCUT2D eigenvalue weighted by Gasteiger charge is -1.91. The first-order valence-electron chi connectivity index (χ1n) is 2.63. The molecule has 1 aromatic rings. The molecule has 1 rings (SSSR count). The second kappa shape index (κ2) is 2.67. The largest absolute Gasteiger partial charge is 0.329 e. The molecule has 0 aliphatic rings. The smallest absolute Gasteiger partial charge is 0.261 e. The van der Waals surface area contributed by atoms with Gasteiger partial charge in [0.25, 0.3) is 9.05 Å². The SMILES string of the molecule is O=c1cc(S(=O)(=O)Cl)cc[nH]1. The average molecular weight is 194 g/mol. The zero-order valence-electron chi connectivity index (χ0n) is 5.24. The Balaban J connectivity index is 3.40. The number of aromatic amines is 1. The minimum absolute atomic E-state index is 0.192. The Labute approximate surface area is 67.2 Å². The number of aromatic nitrogens is 1. The molecule has 6 heteroatoms. The highest BCUT2D eigenvalue weighted by molar-refractivity contribution is 8.13. The normalized spacial score (nSPS) is 11.4. The molecule has 0 unspecified atom stereocenters. The van der Waals surface area contributed by atoms with Crippen LogP contribution >= 0.6 is 10.7 Å². The van der Waals surface area contributed by atoms with Gasteiger partial charge in [-0.2, -0.15) is 0 Å². The molecule has 0 amide bonds. The second-order valence-electron chi connectivity index (χ2n) is 1.83. The number of hydrogen-bond acceptors (Lipinski definition) is 3. The Bertz CT molecular complexity index is 408. The fourth-order valence-electron chi connectivity index (χ4n) is 0.577. The summed E-state index contributed by atoms with van der Waals surface area (Å²) in [5.74, 6) is 0. The summed E-state index contributed by atoms with van der Waals surface area (Å²) in [6.45, 7) is 0. The van der Waals surface area contributed by atoms with Crippen molar-refractivity contribution in [3.05, 3.63) is 28.7 Å². The van der Waals surface area contributed by atoms with Crippen LogP contribution in [-0.2, 0) is 9.05 Å². The van der Waals surface area contributed by atoms with Crippen LogP contribution in [0.2, 0.25) is 0 Å². The third-order valence-corrected chi connectivity index (χ3v) is 2.38. The summed E-state index contributed by atoms with van der Waals surface area (Å²) in [5, 5.41) is 0. The highest BCUT2D eigenvalue weighted by Crippen LogP contribution is 2.10. The van der Waals surface area contributed by atoms with E-state index in [1.54, 1.807) is 0 Å². The Morgan fingerprint density at radius 1 is 1.45 bits per heavy atom. The van der Waals surface area contributed by atoms with Crippen molar-refractivity contribution in [2.24, 2.45) is 0 Å². The Morgan fingerprint density at radius 2 is 2.09 bits per heavy atom. The van der Waals surface area contributed by atoms with E-state index in [1.165, 1.54) is 12.3 Å². The molecule has 0 saturated carbocycles. The van der Waals surface area contributed by atoms with Gasteiger partial charge in [-0.15, -0.1) is 0 Å². The summed E-state index contributed by atoms with van der Waals surface area (Å²) < 4.78 is 21.2. The molecule has 0 saturated heterocycles. The van der Waals surface area contributed by atoms with Crippen molar-refractivity contribution >= 4 is 19.7 Å². The van der Waals surface area contributed by atoms with Crippen molar-refractivity contribution in [3.63, 3.8) is 0 Å². The summed E-state index contributed by atoms with van der Waals surface area (Å²) in [4.78, 5) is 12.6. The average Bonchev–Trinajstić information content (AvgIpc) is 1.86. The van der Waals surface area contributed by atoms with Crippen molar-refractivity contribution in [2.45, 2.75) is 4.90 Å². The van der Waals surface area contributed by atoms with Crippen LogP contribution in [0, 0.1) is 0 Å². The van der Waals surface area contributed by atoms with Crippen molar-refractivity contribution < 1.29 is 8.42 Å².